The van der Waals surface area contributed by atoms with Gasteiger partial charge in [-0.25, -0.2) is 31.6 Å². The van der Waals surface area contributed by atoms with Crippen LogP contribution < -0.4 is 10.6 Å². The van der Waals surface area contributed by atoms with Gasteiger partial charge in [-0.2, -0.15) is 4.90 Å². The van der Waals surface area contributed by atoms with Crippen molar-refractivity contribution in [1.82, 2.24) is 4.90 Å². The predicted octanol–water partition coefficient (Wildman–Crippen LogP) is 3.73. The minimum atomic E-state index is -2.69. The van der Waals surface area contributed by atoms with Crippen molar-refractivity contribution >= 4 is 58.5 Å². The number of halogens is 7. The van der Waals surface area contributed by atoms with Crippen LogP contribution in [0.1, 0.15) is 24.3 Å². The van der Waals surface area contributed by atoms with E-state index in [1.807, 2.05) is 0 Å². The van der Waals surface area contributed by atoms with E-state index < -0.39 is 104 Å². The third-order valence-corrected chi connectivity index (χ3v) is 10.1. The smallest absolute Gasteiger partial charge is 0.328 e. The fourth-order valence-electron chi connectivity index (χ4n) is 6.82. The third kappa shape index (κ3) is 3.47. The van der Waals surface area contributed by atoms with Crippen LogP contribution in [-0.2, 0) is 19.2 Å². The molecule has 16 heteroatoms. The number of rotatable bonds is 2. The van der Waals surface area contributed by atoms with Gasteiger partial charge in [-0.3, -0.25) is 19.2 Å². The molecule has 3 N–H and O–H groups in total. The number of carbonyl (C=O) groups excluding carboxylic acids is 5. The number of anilines is 1. The Hall–Kier alpha value is -4.04. The molecule has 2 aliphatic heterocycles. The van der Waals surface area contributed by atoms with Crippen LogP contribution in [0.4, 0.5) is 32.4 Å². The Morgan fingerprint density at radius 2 is 1.42 bits per heavy atom. The molecule has 6 rings (SSSR count). The summed E-state index contributed by atoms with van der Waals surface area (Å²) in [4.78, 5) is 60.7. The Labute approximate surface area is 247 Å². The van der Waals surface area contributed by atoms with Gasteiger partial charge in [0.05, 0.1) is 11.8 Å². The molecule has 9 nitrogen and oxygen atoms in total. The number of phenols is 1. The van der Waals surface area contributed by atoms with E-state index in [-0.39, 0.29) is 33.1 Å². The number of primary amides is 1. The summed E-state index contributed by atoms with van der Waals surface area (Å²) in [6, 6.07) is 3.58. The maximum Gasteiger partial charge on any atom is 0.328 e. The summed E-state index contributed by atoms with van der Waals surface area (Å²) in [5.74, 6) is -23.0. The second-order valence-corrected chi connectivity index (χ2v) is 11.9. The van der Waals surface area contributed by atoms with Gasteiger partial charge < -0.3 is 10.8 Å². The number of aromatic hydroxyl groups is 1. The van der Waals surface area contributed by atoms with Crippen molar-refractivity contribution in [3.63, 3.8) is 0 Å². The number of fused-ring (bicyclic) bond motifs is 4. The standard InChI is InChI=1S/C27H16Cl2F5N3O6/c28-26-7-12-10(5-6-11-13(12)22(40)37(21(11)39)25(35)43)14(8-1-3-9(38)4-2-8)27(26,29)24(42)36(23(26)41)20-18(33)16(31)15(30)17(32)19(20)34/h1-5,11-14,38H,6-7H2,(H2,35,43)/t11-,12+,13-,14-,26+,27-/m0/s1. The van der Waals surface area contributed by atoms with Crippen LogP contribution in [0.2, 0.25) is 0 Å². The lowest BCUT2D eigenvalue weighted by Crippen LogP contribution is -2.60. The van der Waals surface area contributed by atoms with Gasteiger partial charge in [0.2, 0.25) is 17.6 Å². The van der Waals surface area contributed by atoms with Gasteiger partial charge in [-0.1, -0.05) is 23.8 Å². The molecule has 0 unspecified atom stereocenters. The Kier molecular flexibility index (Phi) is 6.23. The molecule has 6 atom stereocenters. The summed E-state index contributed by atoms with van der Waals surface area (Å²) >= 11 is 13.8. The summed E-state index contributed by atoms with van der Waals surface area (Å²) < 4.78 is 72.1. The van der Waals surface area contributed by atoms with Crippen LogP contribution in [0.25, 0.3) is 0 Å². The summed E-state index contributed by atoms with van der Waals surface area (Å²) in [7, 11) is 0. The number of phenolic OH excluding ortho intramolecular Hbond substituents is 1. The number of amides is 6. The minimum Gasteiger partial charge on any atom is -0.508 e. The highest BCUT2D eigenvalue weighted by atomic mass is 35.5. The number of likely N-dealkylation sites (tertiary alicyclic amines) is 1. The molecule has 2 aliphatic carbocycles. The fourth-order valence-corrected chi connectivity index (χ4v) is 7.76. The Morgan fingerprint density at radius 1 is 0.860 bits per heavy atom. The molecule has 0 aromatic heterocycles. The highest BCUT2D eigenvalue weighted by Gasteiger charge is 2.77. The minimum absolute atomic E-state index is 0.108. The quantitative estimate of drug-likeness (QED) is 0.128. The van der Waals surface area contributed by atoms with Crippen molar-refractivity contribution in [3.8, 4) is 5.75 Å². The number of hydrogen-bond donors (Lipinski definition) is 2. The fraction of sp³-hybridized carbons (Fsp3) is 0.296. The molecule has 2 saturated heterocycles. The largest absolute Gasteiger partial charge is 0.508 e. The molecule has 2 heterocycles. The first-order valence-electron chi connectivity index (χ1n) is 12.5. The molecule has 0 spiro atoms. The summed E-state index contributed by atoms with van der Waals surface area (Å²) in [5, 5.41) is 9.86. The van der Waals surface area contributed by atoms with Gasteiger partial charge in [-0.15, -0.1) is 23.2 Å². The first-order chi connectivity index (χ1) is 20.1. The number of benzene rings is 2. The lowest BCUT2D eigenvalue weighted by atomic mass is 9.56. The molecular formula is C27H16Cl2F5N3O6. The van der Waals surface area contributed by atoms with E-state index in [4.69, 9.17) is 28.9 Å². The number of alkyl halides is 2. The molecular weight excluding hydrogens is 628 g/mol. The highest BCUT2D eigenvalue weighted by Crippen LogP contribution is 2.66. The van der Waals surface area contributed by atoms with Crippen molar-refractivity contribution in [3.05, 3.63) is 70.6 Å². The SMILES string of the molecule is NC(=O)N1C(=O)[C@H]2[C@H](CC=C3[C@H]2C[C@@]2(Cl)C(=O)N(c4c(F)c(F)c(F)c(F)c4F)C(=O)[C@@]2(Cl)[C@H]3c2ccc(O)cc2)C1=O. The lowest BCUT2D eigenvalue weighted by Gasteiger charge is -2.50. The number of allylic oxidation sites excluding steroid dienone is 2. The molecule has 2 aromatic rings. The zero-order valence-corrected chi connectivity index (χ0v) is 22.7. The molecule has 224 valence electrons. The van der Waals surface area contributed by atoms with Crippen LogP contribution in [0.15, 0.2) is 35.9 Å². The van der Waals surface area contributed by atoms with Crippen molar-refractivity contribution in [2.45, 2.75) is 28.5 Å². The van der Waals surface area contributed by atoms with Gasteiger partial charge >= 0.3 is 6.03 Å². The Balaban J connectivity index is 1.60. The van der Waals surface area contributed by atoms with Crippen molar-refractivity contribution in [1.29, 1.82) is 0 Å². The number of nitrogens with zero attached hydrogens (tertiary/aromatic N) is 2. The second kappa shape index (κ2) is 9.23. The molecule has 2 aromatic carbocycles. The van der Waals surface area contributed by atoms with Gasteiger partial charge in [0.1, 0.15) is 11.4 Å². The van der Waals surface area contributed by atoms with Crippen molar-refractivity contribution < 1.29 is 51.0 Å². The van der Waals surface area contributed by atoms with Crippen LogP contribution in [-0.4, -0.2) is 49.4 Å². The predicted molar refractivity (Wildman–Crippen MR) is 136 cm³/mol. The number of hydrogen-bond acceptors (Lipinski definition) is 6. The van der Waals surface area contributed by atoms with Crippen LogP contribution in [0.3, 0.4) is 0 Å². The normalized spacial score (nSPS) is 31.7. The molecule has 43 heavy (non-hydrogen) atoms. The van der Waals surface area contributed by atoms with Gasteiger partial charge in [-0.05, 0) is 36.5 Å². The number of urea groups is 1. The summed E-state index contributed by atoms with van der Waals surface area (Å²) in [6.45, 7) is 0. The summed E-state index contributed by atoms with van der Waals surface area (Å²) in [6.07, 6.45) is 0.589. The number of carbonyl (C=O) groups is 5. The van der Waals surface area contributed by atoms with E-state index in [0.717, 1.165) is 0 Å². The molecule has 3 fully saturated rings. The van der Waals surface area contributed by atoms with E-state index in [1.54, 1.807) is 0 Å². The average molecular weight is 644 g/mol. The molecule has 1 saturated carbocycles. The Bertz CT molecular complexity index is 1710. The van der Waals surface area contributed by atoms with E-state index in [2.05, 4.69) is 0 Å². The molecule has 0 bridgehead atoms. The van der Waals surface area contributed by atoms with E-state index in [1.165, 1.54) is 30.3 Å². The third-order valence-electron chi connectivity index (χ3n) is 8.67. The zero-order valence-electron chi connectivity index (χ0n) is 21.2. The molecule has 6 amide bonds. The monoisotopic (exact) mass is 643 g/mol. The first-order valence-corrected chi connectivity index (χ1v) is 13.3. The van der Waals surface area contributed by atoms with Crippen molar-refractivity contribution in [2.75, 3.05) is 4.90 Å². The maximum absolute atomic E-state index is 15.0. The number of imide groups is 4. The van der Waals surface area contributed by atoms with Gasteiger partial charge in [0.25, 0.3) is 11.8 Å². The van der Waals surface area contributed by atoms with Crippen LogP contribution >= 0.6 is 23.2 Å². The maximum atomic E-state index is 15.0. The van der Waals surface area contributed by atoms with Crippen LogP contribution in [0.5, 0.6) is 5.75 Å². The average Bonchev–Trinajstić information content (AvgIpc) is 3.30. The molecule has 0 radical (unpaired) electrons. The first kappa shape index (κ1) is 29.1. The second-order valence-electron chi connectivity index (χ2n) is 10.6. The van der Waals surface area contributed by atoms with E-state index >= 15 is 0 Å². The van der Waals surface area contributed by atoms with Gasteiger partial charge in [0, 0.05) is 5.92 Å². The topological polar surface area (TPSA) is 138 Å². The van der Waals surface area contributed by atoms with Crippen molar-refractivity contribution in [2.24, 2.45) is 23.5 Å². The van der Waals surface area contributed by atoms with E-state index in [0.29, 0.717) is 0 Å². The number of nitrogens with two attached hydrogens (primary N) is 1. The van der Waals surface area contributed by atoms with E-state index in [9.17, 15) is 51.0 Å². The van der Waals surface area contributed by atoms with Crippen LogP contribution in [0, 0.1) is 46.8 Å². The molecule has 4 aliphatic rings. The summed E-state index contributed by atoms with van der Waals surface area (Å²) in [5.41, 5.74) is 3.64. The lowest BCUT2D eigenvalue weighted by molar-refractivity contribution is -0.136. The van der Waals surface area contributed by atoms with Gasteiger partial charge in [0.15, 0.2) is 33.0 Å². The zero-order chi connectivity index (χ0) is 31.5. The highest BCUT2D eigenvalue weighted by molar-refractivity contribution is 6.58. The Morgan fingerprint density at radius 3 is 1.98 bits per heavy atom.